The third-order valence-electron chi connectivity index (χ3n) is 5.95. The van der Waals surface area contributed by atoms with E-state index in [9.17, 15) is 13.5 Å². The Hall–Kier alpha value is -1.67. The highest BCUT2D eigenvalue weighted by atomic mass is 32.2. The summed E-state index contributed by atoms with van der Waals surface area (Å²) in [5.41, 5.74) is 0.918. The second-order valence-corrected chi connectivity index (χ2v) is 9.71. The van der Waals surface area contributed by atoms with Crippen LogP contribution in [-0.2, 0) is 16.8 Å². The minimum absolute atomic E-state index is 0.304. The molecule has 2 fully saturated rings. The highest BCUT2D eigenvalue weighted by Crippen LogP contribution is 2.29. The van der Waals surface area contributed by atoms with E-state index >= 15 is 0 Å². The van der Waals surface area contributed by atoms with E-state index in [4.69, 9.17) is 0 Å². The summed E-state index contributed by atoms with van der Waals surface area (Å²) in [6, 6.07) is 11.7. The van der Waals surface area contributed by atoms with Crippen molar-refractivity contribution < 1.29 is 13.5 Å². The van der Waals surface area contributed by atoms with Gasteiger partial charge in [-0.25, -0.2) is 0 Å². The van der Waals surface area contributed by atoms with Crippen LogP contribution in [0.3, 0.4) is 0 Å². The van der Waals surface area contributed by atoms with Crippen LogP contribution in [0.25, 0.3) is 10.8 Å². The Labute approximate surface area is 167 Å². The molecule has 6 nitrogen and oxygen atoms in total. The van der Waals surface area contributed by atoms with Gasteiger partial charge in [0.1, 0.15) is 5.75 Å². The van der Waals surface area contributed by atoms with Gasteiger partial charge in [0.2, 0.25) is 0 Å². The molecule has 0 unspecified atom stereocenters. The summed E-state index contributed by atoms with van der Waals surface area (Å²) in [5.74, 6) is 0.304. The van der Waals surface area contributed by atoms with E-state index in [0.29, 0.717) is 51.6 Å². The first-order valence-corrected chi connectivity index (χ1v) is 11.6. The normalized spacial score (nSPS) is 21.0. The van der Waals surface area contributed by atoms with Crippen LogP contribution in [0.15, 0.2) is 36.4 Å². The Bertz CT molecular complexity index is 916. The minimum atomic E-state index is -3.36. The van der Waals surface area contributed by atoms with E-state index in [1.165, 1.54) is 0 Å². The molecule has 1 N–H and O–H groups in total. The Morgan fingerprint density at radius 3 is 2.14 bits per heavy atom. The summed E-state index contributed by atoms with van der Waals surface area (Å²) >= 11 is 0. The Morgan fingerprint density at radius 1 is 0.786 bits per heavy atom. The highest BCUT2D eigenvalue weighted by molar-refractivity contribution is 7.86. The van der Waals surface area contributed by atoms with E-state index in [1.54, 1.807) is 14.7 Å². The molecule has 2 aliphatic rings. The minimum Gasteiger partial charge on any atom is -0.508 e. The zero-order valence-corrected chi connectivity index (χ0v) is 17.1. The van der Waals surface area contributed by atoms with E-state index in [2.05, 4.69) is 4.90 Å². The molecule has 2 saturated heterocycles. The van der Waals surface area contributed by atoms with Crippen molar-refractivity contribution in [3.05, 3.63) is 42.0 Å². The third kappa shape index (κ3) is 4.03. The second-order valence-electron chi connectivity index (χ2n) is 7.78. The van der Waals surface area contributed by atoms with Crippen LogP contribution in [0, 0.1) is 0 Å². The molecular formula is C21H29N3O3S. The van der Waals surface area contributed by atoms with Gasteiger partial charge >= 0.3 is 0 Å². The third-order valence-corrected chi connectivity index (χ3v) is 7.98. The number of nitrogens with zero attached hydrogens (tertiary/aromatic N) is 3. The number of hydrogen-bond donors (Lipinski definition) is 1. The van der Waals surface area contributed by atoms with Crippen molar-refractivity contribution in [3.63, 3.8) is 0 Å². The van der Waals surface area contributed by atoms with Crippen LogP contribution in [0.2, 0.25) is 0 Å². The molecule has 0 radical (unpaired) electrons. The van der Waals surface area contributed by atoms with Gasteiger partial charge in [0.25, 0.3) is 10.2 Å². The van der Waals surface area contributed by atoms with Gasteiger partial charge in [0, 0.05) is 51.4 Å². The second kappa shape index (κ2) is 8.37. The molecule has 152 valence electrons. The number of fused-ring (bicyclic) bond motifs is 1. The van der Waals surface area contributed by atoms with Crippen LogP contribution in [0.5, 0.6) is 5.75 Å². The number of phenolic OH excluding ortho intramolecular Hbond substituents is 1. The fourth-order valence-electron chi connectivity index (χ4n) is 4.27. The average molecular weight is 404 g/mol. The lowest BCUT2D eigenvalue weighted by atomic mass is 10.0. The number of phenols is 1. The Morgan fingerprint density at radius 2 is 1.43 bits per heavy atom. The fraction of sp³-hybridized carbons (Fsp3) is 0.524. The number of benzene rings is 2. The first kappa shape index (κ1) is 19.6. The van der Waals surface area contributed by atoms with Crippen molar-refractivity contribution in [2.75, 3.05) is 39.3 Å². The number of piperazine rings is 1. The van der Waals surface area contributed by atoms with E-state index in [1.807, 2.05) is 30.3 Å². The van der Waals surface area contributed by atoms with Crippen molar-refractivity contribution in [1.82, 2.24) is 13.5 Å². The number of rotatable bonds is 4. The van der Waals surface area contributed by atoms with Crippen molar-refractivity contribution in [1.29, 1.82) is 0 Å². The molecule has 0 aliphatic carbocycles. The first-order valence-electron chi connectivity index (χ1n) is 10.2. The maximum Gasteiger partial charge on any atom is 0.282 e. The fourth-order valence-corrected chi connectivity index (χ4v) is 5.94. The molecule has 0 amide bonds. The van der Waals surface area contributed by atoms with Crippen LogP contribution in [0.4, 0.5) is 0 Å². The first-order chi connectivity index (χ1) is 13.6. The van der Waals surface area contributed by atoms with Crippen molar-refractivity contribution in [3.8, 4) is 5.75 Å². The summed E-state index contributed by atoms with van der Waals surface area (Å²) in [7, 11) is -3.36. The SMILES string of the molecule is O=S(=O)(N1CCCCCC1)N1CCN(Cc2c(O)ccc3ccccc23)CC1. The molecule has 7 heteroatoms. The van der Waals surface area contributed by atoms with Gasteiger partial charge in [0.05, 0.1) is 0 Å². The maximum atomic E-state index is 13.0. The van der Waals surface area contributed by atoms with E-state index in [-0.39, 0.29) is 0 Å². The van der Waals surface area contributed by atoms with Crippen molar-refractivity contribution >= 4 is 21.0 Å². The summed E-state index contributed by atoms with van der Waals surface area (Å²) in [6.45, 7) is 4.28. The quantitative estimate of drug-likeness (QED) is 0.853. The van der Waals surface area contributed by atoms with Crippen LogP contribution < -0.4 is 0 Å². The summed E-state index contributed by atoms with van der Waals surface area (Å²) in [6.07, 6.45) is 4.15. The van der Waals surface area contributed by atoms with E-state index < -0.39 is 10.2 Å². The topological polar surface area (TPSA) is 64.1 Å². The zero-order chi connectivity index (χ0) is 19.6. The predicted octanol–water partition coefficient (Wildman–Crippen LogP) is 2.78. The smallest absolute Gasteiger partial charge is 0.282 e. The molecule has 0 aromatic heterocycles. The molecule has 2 heterocycles. The molecule has 0 saturated carbocycles. The molecule has 0 bridgehead atoms. The lowest BCUT2D eigenvalue weighted by molar-refractivity contribution is 0.174. The largest absolute Gasteiger partial charge is 0.508 e. The Kier molecular flexibility index (Phi) is 5.87. The monoisotopic (exact) mass is 403 g/mol. The molecule has 2 aromatic carbocycles. The zero-order valence-electron chi connectivity index (χ0n) is 16.3. The number of aromatic hydroxyl groups is 1. The molecule has 0 spiro atoms. The van der Waals surface area contributed by atoms with Crippen molar-refractivity contribution in [2.45, 2.75) is 32.2 Å². The maximum absolute atomic E-state index is 13.0. The van der Waals surface area contributed by atoms with Gasteiger partial charge in [-0.3, -0.25) is 4.90 Å². The summed E-state index contributed by atoms with van der Waals surface area (Å²) in [5, 5.41) is 12.5. The lowest BCUT2D eigenvalue weighted by Gasteiger charge is -2.36. The molecular weight excluding hydrogens is 374 g/mol. The highest BCUT2D eigenvalue weighted by Gasteiger charge is 2.32. The van der Waals surface area contributed by atoms with Gasteiger partial charge in [0.15, 0.2) is 0 Å². The van der Waals surface area contributed by atoms with Crippen LogP contribution in [0.1, 0.15) is 31.2 Å². The van der Waals surface area contributed by atoms with E-state index in [0.717, 1.165) is 42.0 Å². The standard InChI is InChI=1S/C21H29N3O3S/c25-21-10-9-18-7-3-4-8-19(18)20(21)17-22-13-15-24(16-14-22)28(26,27)23-11-5-1-2-6-12-23/h3-4,7-10,25H,1-2,5-6,11-17H2. The molecule has 0 atom stereocenters. The summed E-state index contributed by atoms with van der Waals surface area (Å²) < 4.78 is 29.3. The molecule has 4 rings (SSSR count). The predicted molar refractivity (Wildman–Crippen MR) is 111 cm³/mol. The Balaban J connectivity index is 1.43. The van der Waals surface area contributed by atoms with Crippen molar-refractivity contribution in [2.24, 2.45) is 0 Å². The lowest BCUT2D eigenvalue weighted by Crippen LogP contribution is -2.52. The van der Waals surface area contributed by atoms with Gasteiger partial charge in [-0.15, -0.1) is 0 Å². The molecule has 2 aliphatic heterocycles. The number of hydrogen-bond acceptors (Lipinski definition) is 4. The van der Waals surface area contributed by atoms with Gasteiger partial charge in [-0.1, -0.05) is 43.2 Å². The molecule has 28 heavy (non-hydrogen) atoms. The van der Waals surface area contributed by atoms with Gasteiger partial charge in [-0.05, 0) is 29.7 Å². The molecule has 2 aromatic rings. The van der Waals surface area contributed by atoms with Crippen LogP contribution >= 0.6 is 0 Å². The average Bonchev–Trinajstić information content (AvgIpc) is 3.01. The summed E-state index contributed by atoms with van der Waals surface area (Å²) in [4.78, 5) is 2.23. The van der Waals surface area contributed by atoms with Gasteiger partial charge < -0.3 is 5.11 Å². The van der Waals surface area contributed by atoms with Crippen LogP contribution in [-0.4, -0.2) is 66.3 Å². The van der Waals surface area contributed by atoms with Gasteiger partial charge in [-0.2, -0.15) is 17.0 Å².